The van der Waals surface area contributed by atoms with Gasteiger partial charge >= 0.3 is 6.03 Å². The van der Waals surface area contributed by atoms with E-state index in [1.165, 1.54) is 0 Å². The van der Waals surface area contributed by atoms with E-state index in [-0.39, 0.29) is 5.56 Å². The van der Waals surface area contributed by atoms with Crippen LogP contribution in [0.3, 0.4) is 0 Å². The molecule has 5 nitrogen and oxygen atoms in total. The van der Waals surface area contributed by atoms with Gasteiger partial charge in [0.2, 0.25) is 0 Å². The number of hydrogen-bond donors (Lipinski definition) is 2. The first kappa shape index (κ1) is 17.6. The standard InChI is InChI=1S/C20H18F2N2O3/c21-13-7-8-16(22)14(10-13)17(25)11-24-18(26)20(23-19(24)27)9-3-5-12-4-1-2-6-15(12)20/h1-2,4,6-8,10,17,25H,3,5,9,11H2,(H,23,27)/t17-,20+/m0/s1. The number of aliphatic hydroxyl groups is 1. The molecule has 2 aliphatic rings. The molecule has 2 N–H and O–H groups in total. The Morgan fingerprint density at radius 3 is 2.78 bits per heavy atom. The van der Waals surface area contributed by atoms with Gasteiger partial charge in [-0.2, -0.15) is 0 Å². The average Bonchev–Trinajstić information content (AvgIpc) is 2.89. The predicted octanol–water partition coefficient (Wildman–Crippen LogP) is 2.78. The van der Waals surface area contributed by atoms with Crippen LogP contribution in [0.15, 0.2) is 42.5 Å². The molecule has 140 valence electrons. The lowest BCUT2D eigenvalue weighted by Crippen LogP contribution is -2.46. The van der Waals surface area contributed by atoms with Crippen molar-refractivity contribution in [1.29, 1.82) is 0 Å². The lowest BCUT2D eigenvalue weighted by atomic mass is 9.76. The molecular weight excluding hydrogens is 354 g/mol. The molecule has 0 bridgehead atoms. The number of rotatable bonds is 3. The summed E-state index contributed by atoms with van der Waals surface area (Å²) in [5.74, 6) is -1.98. The molecule has 2 aromatic rings. The quantitative estimate of drug-likeness (QED) is 0.814. The van der Waals surface area contributed by atoms with Crippen molar-refractivity contribution in [3.63, 3.8) is 0 Å². The van der Waals surface area contributed by atoms with Crippen LogP contribution < -0.4 is 5.32 Å². The fraction of sp³-hybridized carbons (Fsp3) is 0.300. The molecule has 1 fully saturated rings. The van der Waals surface area contributed by atoms with Crippen molar-refractivity contribution in [1.82, 2.24) is 10.2 Å². The van der Waals surface area contributed by atoms with E-state index in [2.05, 4.69) is 5.32 Å². The summed E-state index contributed by atoms with van der Waals surface area (Å²) in [5.41, 5.74) is 0.298. The van der Waals surface area contributed by atoms with Gasteiger partial charge in [0.1, 0.15) is 23.3 Å². The third-order valence-electron chi connectivity index (χ3n) is 5.32. The van der Waals surface area contributed by atoms with E-state index in [4.69, 9.17) is 0 Å². The second-order valence-corrected chi connectivity index (χ2v) is 6.94. The molecule has 1 aliphatic heterocycles. The second-order valence-electron chi connectivity index (χ2n) is 6.94. The van der Waals surface area contributed by atoms with Gasteiger partial charge < -0.3 is 10.4 Å². The molecule has 0 aromatic heterocycles. The Morgan fingerprint density at radius 2 is 1.96 bits per heavy atom. The summed E-state index contributed by atoms with van der Waals surface area (Å²) in [4.78, 5) is 26.5. The van der Waals surface area contributed by atoms with Crippen LogP contribution in [0.1, 0.15) is 35.6 Å². The van der Waals surface area contributed by atoms with Gasteiger partial charge in [0.15, 0.2) is 0 Å². The maximum atomic E-state index is 13.9. The minimum atomic E-state index is -1.52. The van der Waals surface area contributed by atoms with Crippen molar-refractivity contribution in [2.75, 3.05) is 6.54 Å². The van der Waals surface area contributed by atoms with E-state index < -0.39 is 41.8 Å². The highest BCUT2D eigenvalue weighted by atomic mass is 19.1. The number of β-amino-alcohol motifs (C(OH)–C–C–N with tert-alkyl or cyclic N) is 1. The number of benzene rings is 2. The number of nitrogens with one attached hydrogen (secondary N) is 1. The van der Waals surface area contributed by atoms with Crippen molar-refractivity contribution >= 4 is 11.9 Å². The molecule has 7 heteroatoms. The number of fused-ring (bicyclic) bond motifs is 2. The van der Waals surface area contributed by atoms with E-state index in [1.807, 2.05) is 24.3 Å². The first-order valence-electron chi connectivity index (χ1n) is 8.78. The third-order valence-corrected chi connectivity index (χ3v) is 5.32. The molecule has 4 rings (SSSR count). The number of hydrogen-bond acceptors (Lipinski definition) is 3. The van der Waals surface area contributed by atoms with Crippen LogP contribution in [0, 0.1) is 11.6 Å². The van der Waals surface area contributed by atoms with Gasteiger partial charge in [-0.3, -0.25) is 9.69 Å². The van der Waals surface area contributed by atoms with Gasteiger partial charge in [-0.1, -0.05) is 24.3 Å². The zero-order valence-electron chi connectivity index (χ0n) is 14.4. The van der Waals surface area contributed by atoms with Crippen LogP contribution in [0.25, 0.3) is 0 Å². The van der Waals surface area contributed by atoms with Crippen LogP contribution in [0.5, 0.6) is 0 Å². The van der Waals surface area contributed by atoms with Gasteiger partial charge in [0, 0.05) is 5.56 Å². The summed E-state index contributed by atoms with van der Waals surface area (Å²) in [5, 5.41) is 13.1. The Balaban J connectivity index is 1.64. The summed E-state index contributed by atoms with van der Waals surface area (Å²) in [7, 11) is 0. The summed E-state index contributed by atoms with van der Waals surface area (Å²) < 4.78 is 27.3. The van der Waals surface area contributed by atoms with Crippen LogP contribution >= 0.6 is 0 Å². The highest BCUT2D eigenvalue weighted by Crippen LogP contribution is 2.40. The maximum absolute atomic E-state index is 13.9. The number of imide groups is 1. The first-order chi connectivity index (χ1) is 12.9. The lowest BCUT2D eigenvalue weighted by Gasteiger charge is -2.33. The second kappa shape index (κ2) is 6.42. The molecule has 2 aromatic carbocycles. The van der Waals surface area contributed by atoms with Crippen molar-refractivity contribution in [2.45, 2.75) is 30.9 Å². The minimum Gasteiger partial charge on any atom is -0.386 e. The fourth-order valence-electron chi connectivity index (χ4n) is 4.02. The minimum absolute atomic E-state index is 0.291. The number of aliphatic hydroxyl groups excluding tert-OH is 1. The van der Waals surface area contributed by atoms with Crippen molar-refractivity contribution in [2.24, 2.45) is 0 Å². The average molecular weight is 372 g/mol. The van der Waals surface area contributed by atoms with E-state index in [0.717, 1.165) is 47.1 Å². The molecule has 3 amide bonds. The van der Waals surface area contributed by atoms with E-state index in [9.17, 15) is 23.5 Å². The molecule has 1 aliphatic carbocycles. The molecule has 1 saturated heterocycles. The topological polar surface area (TPSA) is 69.6 Å². The highest BCUT2D eigenvalue weighted by molar-refractivity contribution is 6.07. The number of carbonyl (C=O) groups excluding carboxylic acids is 2. The highest BCUT2D eigenvalue weighted by Gasteiger charge is 2.54. The van der Waals surface area contributed by atoms with E-state index in [0.29, 0.717) is 6.42 Å². The zero-order valence-corrected chi connectivity index (χ0v) is 14.4. The van der Waals surface area contributed by atoms with Crippen LogP contribution in [0.4, 0.5) is 13.6 Å². The van der Waals surface area contributed by atoms with E-state index in [1.54, 1.807) is 0 Å². The predicted molar refractivity (Wildman–Crippen MR) is 92.6 cm³/mol. The summed E-state index contributed by atoms with van der Waals surface area (Å²) >= 11 is 0. The van der Waals surface area contributed by atoms with Gasteiger partial charge in [-0.25, -0.2) is 13.6 Å². The number of amides is 3. The molecule has 0 radical (unpaired) electrons. The zero-order chi connectivity index (χ0) is 19.2. The van der Waals surface area contributed by atoms with Crippen LogP contribution in [-0.2, 0) is 16.8 Å². The van der Waals surface area contributed by atoms with Crippen molar-refractivity contribution in [3.8, 4) is 0 Å². The molecule has 0 unspecified atom stereocenters. The Bertz CT molecular complexity index is 933. The lowest BCUT2D eigenvalue weighted by molar-refractivity contribution is -0.133. The number of aryl methyl sites for hydroxylation is 1. The molecule has 1 spiro atoms. The number of nitrogens with zero attached hydrogens (tertiary/aromatic N) is 1. The Morgan fingerprint density at radius 1 is 1.19 bits per heavy atom. The number of halogens is 2. The summed E-state index contributed by atoms with van der Waals surface area (Å²) in [6.45, 7) is -0.449. The van der Waals surface area contributed by atoms with Gasteiger partial charge in [-0.15, -0.1) is 0 Å². The molecule has 27 heavy (non-hydrogen) atoms. The Hall–Kier alpha value is -2.80. The maximum Gasteiger partial charge on any atom is 0.325 e. The molecule has 2 atom stereocenters. The summed E-state index contributed by atoms with van der Waals surface area (Å²) in [6, 6.07) is 9.50. The first-order valence-corrected chi connectivity index (χ1v) is 8.78. The number of urea groups is 1. The molecule has 1 heterocycles. The largest absolute Gasteiger partial charge is 0.386 e. The molecular formula is C20H18F2N2O3. The monoisotopic (exact) mass is 372 g/mol. The van der Waals surface area contributed by atoms with Crippen molar-refractivity contribution < 1.29 is 23.5 Å². The number of carbonyl (C=O) groups is 2. The van der Waals surface area contributed by atoms with E-state index >= 15 is 0 Å². The third kappa shape index (κ3) is 2.78. The smallest absolute Gasteiger partial charge is 0.325 e. The summed E-state index contributed by atoms with van der Waals surface area (Å²) in [6.07, 6.45) is 0.482. The SMILES string of the molecule is O=C1N[C@@]2(CCCc3ccccc32)C(=O)N1C[C@H](O)c1cc(F)ccc1F. The van der Waals surface area contributed by atoms with Gasteiger partial charge in [0.25, 0.3) is 5.91 Å². The van der Waals surface area contributed by atoms with Crippen LogP contribution in [-0.4, -0.2) is 28.5 Å². The van der Waals surface area contributed by atoms with Gasteiger partial charge in [-0.05, 0) is 48.6 Å². The Kier molecular flexibility index (Phi) is 4.19. The fourth-order valence-corrected chi connectivity index (χ4v) is 4.02. The van der Waals surface area contributed by atoms with Crippen molar-refractivity contribution in [3.05, 3.63) is 70.8 Å². The normalized spacial score (nSPS) is 22.7. The molecule has 0 saturated carbocycles. The Labute approximate surface area is 154 Å². The van der Waals surface area contributed by atoms with Gasteiger partial charge in [0.05, 0.1) is 6.54 Å². The van der Waals surface area contributed by atoms with Crippen LogP contribution in [0.2, 0.25) is 0 Å².